The van der Waals surface area contributed by atoms with Crippen molar-refractivity contribution in [1.82, 2.24) is 15.2 Å². The van der Waals surface area contributed by atoms with Gasteiger partial charge in [-0.05, 0) is 184 Å². The molecule has 116 heavy (non-hydrogen) atoms. The standard InChI is InChI=1S/C22H28N2O4.C21H25N3O4.C21H24N2O4.C21H26N2O4.2CH3I.2HI/c1-24(12-13-2-3-13)9-8-21-11-15(25)6-7-22(21,28)17(24)10-14-4-5-16(20(23)27)19(26)18(14)21;1-24(23-12-3-4-12)9-8-20-16-11-2-5-13(19(22)26)17(16)28-18(20)14(25)6-7-21(20,27)15(24)10-11;22-19(25)13-4-3-12-9-15-21(26)6-5-14(24)18-20(21,16(12)17(13)27-18)7-8-23(15)10-11-1-2-11;22-19(26)15-4-3-13-9-16-21(27)6-5-14(24)10-20(21,17(13)18(15)25)7-8-23(16)11-12-1-2-12;2*1-2;;/h4-5,13,17,28H,2-3,6-12H2,1H3,(H2-,23,26,27);2,5,12,15,18,23,27H,3-4,6-10H2,1H3,(H-,22,26);3-4,11,15,18,26H,1-2,5-10H2,(H2,22,25);3-4,12,16,25,27H,1-2,5-11H2,(H2,22,26);2*1H3;2*1H/t17-,21-,22-,24?;15-,18+,20+,21-,24?;15-,18+,20+,21-;16-,20-,21-;;;;/m1111..../s1. The van der Waals surface area contributed by atoms with Crippen LogP contribution in [0.15, 0.2) is 48.5 Å². The van der Waals surface area contributed by atoms with Gasteiger partial charge in [0.2, 0.25) is 0 Å². The number of nitrogens with zero attached hydrogens (tertiary/aromatic N) is 4. The lowest BCUT2D eigenvalue weighted by atomic mass is 9.48. The lowest BCUT2D eigenvalue weighted by Crippen LogP contribution is -3.00. The number of carbonyl (C=O) groups excluding carboxylic acids is 8. The van der Waals surface area contributed by atoms with Crippen molar-refractivity contribution in [2.75, 3.05) is 69.8 Å². The molecule has 18 aliphatic rings. The maximum atomic E-state index is 12.9. The average molecular weight is 2050 g/mol. The summed E-state index contributed by atoms with van der Waals surface area (Å²) in [5, 5.41) is 70.4. The van der Waals surface area contributed by atoms with Crippen LogP contribution < -0.4 is 85.8 Å². The van der Waals surface area contributed by atoms with Gasteiger partial charge in [-0.15, -0.1) is 0 Å². The average Bonchev–Trinajstić information content (AvgIpc) is 1.57. The van der Waals surface area contributed by atoms with E-state index in [9.17, 15) is 69.0 Å². The first-order valence-electron chi connectivity index (χ1n) is 41.6. The molecule has 8 saturated carbocycles. The number of primary amides is 4. The van der Waals surface area contributed by atoms with Crippen LogP contribution in [0.25, 0.3) is 0 Å². The van der Waals surface area contributed by atoms with E-state index in [2.05, 4.69) is 74.5 Å². The zero-order chi connectivity index (χ0) is 80.9. The number of nitrogens with one attached hydrogen (secondary N) is 1. The van der Waals surface area contributed by atoms with Crippen molar-refractivity contribution in [3.63, 3.8) is 0 Å². The SMILES string of the molecule is CI.CI.C[N+]1(CC2CC2)CC[C@]23CC(=O)CC[C@@]2(O)[C@H]1Cc1ccc(C(N)=O)c(O)c13.C[N+]1(NC2CC2)CC[C@]23c4c5ccc(C(N)=O)c4O[C@H]2C(=O)CC[C@@]3(O)[C@H]1C5.NC(=O)c1ccc2c(c1O)[C@]13CCN(CC4CC4)[C@H](C2)[C@]1(O)CCC(=O)C3.NC(=O)c1ccc2c3c1O[C@H]1C(=O)CC[C@@]4(O)[C@@H](C2)N(CC2CC2)CC[C@]314.[I-].[I-]. The van der Waals surface area contributed by atoms with Crippen LogP contribution in [0.2, 0.25) is 0 Å². The summed E-state index contributed by atoms with van der Waals surface area (Å²) < 4.78 is 13.8. The van der Waals surface area contributed by atoms with Crippen LogP contribution in [0.4, 0.5) is 0 Å². The number of aliphatic hydroxyl groups is 4. The number of hydrogen-bond donors (Lipinski definition) is 11. The minimum Gasteiger partial charge on any atom is -1.00 e. The quantitative estimate of drug-likeness (QED) is 0.0505. The highest BCUT2D eigenvalue weighted by Crippen LogP contribution is 2.68. The first-order chi connectivity index (χ1) is 54.3. The van der Waals surface area contributed by atoms with Gasteiger partial charge < -0.3 is 115 Å². The van der Waals surface area contributed by atoms with E-state index in [0.717, 1.165) is 108 Å². The zero-order valence-corrected chi connectivity index (χ0v) is 75.2. The number of phenols is 2. The molecule has 22 rings (SSSR count). The van der Waals surface area contributed by atoms with Gasteiger partial charge in [0.05, 0.1) is 84.1 Å². The van der Waals surface area contributed by atoms with Gasteiger partial charge in [0.15, 0.2) is 23.8 Å². The van der Waals surface area contributed by atoms with Crippen LogP contribution >= 0.6 is 45.2 Å². The number of nitrogens with two attached hydrogens (primary N) is 4. The highest BCUT2D eigenvalue weighted by atomic mass is 127. The van der Waals surface area contributed by atoms with E-state index in [0.29, 0.717) is 141 Å². The number of alkyl halides is 2. The Bertz CT molecular complexity index is 4750. The Hall–Kier alpha value is -4.80. The van der Waals surface area contributed by atoms with Crippen LogP contribution in [0.1, 0.15) is 227 Å². The number of hydrogen-bond acceptors (Lipinski definition) is 19. The van der Waals surface area contributed by atoms with E-state index >= 15 is 0 Å². The van der Waals surface area contributed by atoms with Crippen molar-refractivity contribution >= 4 is 91.9 Å². The molecule has 25 nitrogen and oxygen atoms in total. The van der Waals surface area contributed by atoms with Crippen molar-refractivity contribution in [2.24, 2.45) is 40.7 Å². The Morgan fingerprint density at radius 1 is 0.474 bits per heavy atom. The van der Waals surface area contributed by atoms with E-state index in [1.54, 1.807) is 24.3 Å². The predicted octanol–water partition coefficient (Wildman–Crippen LogP) is 0.000800. The number of fused-ring (bicyclic) bond motifs is 2. The number of quaternary nitrogens is 2. The second-order valence-electron chi connectivity index (χ2n) is 37.5. The molecule has 4 aromatic carbocycles. The largest absolute Gasteiger partial charge is 1.00 e. The third-order valence-corrected chi connectivity index (χ3v) is 31.8. The number of halogens is 4. The molecule has 4 saturated heterocycles. The summed E-state index contributed by atoms with van der Waals surface area (Å²) in [6.45, 7) is 6.44. The van der Waals surface area contributed by atoms with Gasteiger partial charge in [-0.2, -0.15) is 5.43 Å². The molecule has 16 atom stereocenters. The number of piperidine rings is 4. The van der Waals surface area contributed by atoms with Gasteiger partial charge in [-0.1, -0.05) is 69.4 Å². The highest BCUT2D eigenvalue weighted by molar-refractivity contribution is 14.1. The summed E-state index contributed by atoms with van der Waals surface area (Å²) in [5.74, 6) is 0.643. The number of ether oxygens (including phenoxy) is 2. The third kappa shape index (κ3) is 12.7. The lowest BCUT2D eigenvalue weighted by Gasteiger charge is -2.65. The van der Waals surface area contributed by atoms with Gasteiger partial charge in [-0.25, -0.2) is 4.59 Å². The summed E-state index contributed by atoms with van der Waals surface area (Å²) in [6, 6.07) is 14.6. The second-order valence-corrected chi connectivity index (χ2v) is 37.5. The Labute approximate surface area is 738 Å². The molecule has 12 fully saturated rings. The normalized spacial score (nSPS) is 37.2. The van der Waals surface area contributed by atoms with E-state index in [1.807, 2.05) is 34.1 Å². The van der Waals surface area contributed by atoms with E-state index in [1.165, 1.54) is 51.4 Å². The monoisotopic (exact) mass is 2050 g/mol. The number of rotatable bonds is 12. The molecule has 15 N–H and O–H groups in total. The fraction of sp³-hybridized carbons (Fsp3) is 0.632. The molecule has 29 heteroatoms. The van der Waals surface area contributed by atoms with E-state index in [4.69, 9.17) is 32.4 Å². The summed E-state index contributed by atoms with van der Waals surface area (Å²) in [5.41, 5.74) is 26.4. The van der Waals surface area contributed by atoms with Crippen molar-refractivity contribution in [1.29, 1.82) is 0 Å². The Balaban J connectivity index is 0.000000119. The summed E-state index contributed by atoms with van der Waals surface area (Å²) >= 11 is 4.30. The topological polar surface area (TPSA) is 399 Å². The molecule has 8 bridgehead atoms. The number of aromatic hydroxyl groups is 2. The molecule has 6 heterocycles. The first kappa shape index (κ1) is 86.2. The third-order valence-electron chi connectivity index (χ3n) is 31.8. The van der Waals surface area contributed by atoms with Gasteiger partial charge in [0, 0.05) is 128 Å². The minimum absolute atomic E-state index is 0. The number of Topliss-reactive ketones (excluding diaryl/α,β-unsaturated/α-hetero) is 4. The van der Waals surface area contributed by atoms with Gasteiger partial charge in [-0.3, -0.25) is 48.2 Å². The lowest BCUT2D eigenvalue weighted by molar-refractivity contribution is -0.989. The molecule has 4 amide bonds. The summed E-state index contributed by atoms with van der Waals surface area (Å²) in [4.78, 5) is 107. The van der Waals surface area contributed by atoms with Crippen LogP contribution in [0, 0.1) is 17.8 Å². The fourth-order valence-electron chi connectivity index (χ4n) is 26.0. The van der Waals surface area contributed by atoms with Gasteiger partial charge in [0.1, 0.15) is 57.9 Å². The highest BCUT2D eigenvalue weighted by Gasteiger charge is 2.79. The van der Waals surface area contributed by atoms with E-state index < -0.39 is 79.9 Å². The smallest absolute Gasteiger partial charge is 0.252 e. The maximum Gasteiger partial charge on any atom is 0.252 e. The molecule has 2 unspecified atom stereocenters. The van der Waals surface area contributed by atoms with E-state index in [-0.39, 0.29) is 131 Å². The molecule has 4 aromatic rings. The Morgan fingerprint density at radius 2 is 0.879 bits per heavy atom. The van der Waals surface area contributed by atoms with Crippen molar-refractivity contribution in [2.45, 2.75) is 253 Å². The van der Waals surface area contributed by atoms with Gasteiger partial charge in [0.25, 0.3) is 23.6 Å². The summed E-state index contributed by atoms with van der Waals surface area (Å²) in [7, 11) is 4.43. The molecular formula is C87H111I4N9O16. The van der Waals surface area contributed by atoms with Crippen molar-refractivity contribution in [3.05, 3.63) is 115 Å². The van der Waals surface area contributed by atoms with Crippen molar-refractivity contribution < 1.29 is 135 Å². The van der Waals surface area contributed by atoms with Crippen LogP contribution in [-0.2, 0) is 66.5 Å². The number of benzene rings is 4. The minimum atomic E-state index is -1.06. The molecule has 12 aliphatic carbocycles. The number of likely N-dealkylation sites (tertiary alicyclic amines) is 4. The molecule has 0 radical (unpaired) electrons. The molecule has 628 valence electrons. The van der Waals surface area contributed by atoms with Crippen LogP contribution in [0.3, 0.4) is 0 Å². The molecular weight excluding hydrogens is 1930 g/mol. The second kappa shape index (κ2) is 30.6. The maximum absolute atomic E-state index is 12.9. The Kier molecular flexibility index (Phi) is 22.7. The number of amides is 4. The molecule has 2 spiro atoms. The Morgan fingerprint density at radius 3 is 1.36 bits per heavy atom. The fourth-order valence-corrected chi connectivity index (χ4v) is 26.0. The van der Waals surface area contributed by atoms with Crippen LogP contribution in [0.5, 0.6) is 23.0 Å². The number of ketones is 4. The van der Waals surface area contributed by atoms with Crippen LogP contribution in [-0.4, -0.2) is 231 Å². The first-order valence-corrected chi connectivity index (χ1v) is 45.9. The molecule has 0 aromatic heterocycles. The molecule has 6 aliphatic heterocycles. The summed E-state index contributed by atoms with van der Waals surface area (Å²) in [6.07, 6.45) is 17.4. The number of likely N-dealkylation sites (N-methyl/N-ethyl adjacent to an activating group) is 2. The zero-order valence-electron chi connectivity index (χ0n) is 66.6. The predicted molar refractivity (Wildman–Crippen MR) is 437 cm³/mol. The number of carbonyl (C=O) groups is 8. The van der Waals surface area contributed by atoms with Crippen molar-refractivity contribution in [3.8, 4) is 23.0 Å². The van der Waals surface area contributed by atoms with Gasteiger partial charge >= 0.3 is 0 Å².